The summed E-state index contributed by atoms with van der Waals surface area (Å²) in [6, 6.07) is 20.5. The molecule has 8 heteroatoms. The average molecular weight is 449 g/mol. The van der Waals surface area contributed by atoms with Crippen molar-refractivity contribution in [2.45, 2.75) is 6.54 Å². The highest BCUT2D eigenvalue weighted by Crippen LogP contribution is 2.23. The van der Waals surface area contributed by atoms with Crippen LogP contribution in [-0.4, -0.2) is 47.2 Å². The van der Waals surface area contributed by atoms with E-state index >= 15 is 0 Å². The highest BCUT2D eigenvalue weighted by Gasteiger charge is 2.13. The van der Waals surface area contributed by atoms with Gasteiger partial charge in [-0.2, -0.15) is 0 Å². The van der Waals surface area contributed by atoms with E-state index in [0.29, 0.717) is 17.0 Å². The fourth-order valence-corrected chi connectivity index (χ4v) is 3.45. The normalized spacial score (nSPS) is 13.9. The Hall–Kier alpha value is -3.33. The van der Waals surface area contributed by atoms with E-state index in [1.165, 1.54) is 0 Å². The van der Waals surface area contributed by atoms with Crippen molar-refractivity contribution in [2.24, 2.45) is 0 Å². The fraction of sp³-hybridized carbons (Fsp3) is 0.208. The van der Waals surface area contributed by atoms with Crippen molar-refractivity contribution in [2.75, 3.05) is 31.6 Å². The molecule has 32 heavy (non-hydrogen) atoms. The van der Waals surface area contributed by atoms with Crippen LogP contribution in [0.2, 0.25) is 0 Å². The van der Waals surface area contributed by atoms with E-state index in [1.54, 1.807) is 12.3 Å². The zero-order chi connectivity index (χ0) is 22.2. The maximum atomic E-state index is 12.5. The van der Waals surface area contributed by atoms with Crippen LogP contribution in [0.1, 0.15) is 16.1 Å². The van der Waals surface area contributed by atoms with Crippen molar-refractivity contribution in [3.8, 4) is 11.5 Å². The minimum Gasteiger partial charge on any atom is -0.457 e. The lowest BCUT2D eigenvalue weighted by Crippen LogP contribution is -2.36. The van der Waals surface area contributed by atoms with E-state index in [2.05, 4.69) is 20.5 Å². The molecule has 1 saturated heterocycles. The van der Waals surface area contributed by atoms with E-state index in [4.69, 9.17) is 21.7 Å². The molecule has 3 aromatic rings. The first-order valence-corrected chi connectivity index (χ1v) is 10.8. The van der Waals surface area contributed by atoms with Crippen LogP contribution in [0.25, 0.3) is 0 Å². The molecular formula is C24H24N4O3S. The van der Waals surface area contributed by atoms with Crippen LogP contribution in [0, 0.1) is 0 Å². The Morgan fingerprint density at radius 2 is 1.81 bits per heavy atom. The summed E-state index contributed by atoms with van der Waals surface area (Å²) in [6.45, 7) is 4.01. The molecule has 164 valence electrons. The van der Waals surface area contributed by atoms with Gasteiger partial charge in [-0.15, -0.1) is 0 Å². The number of pyridine rings is 1. The molecule has 0 spiro atoms. The van der Waals surface area contributed by atoms with Gasteiger partial charge in [0, 0.05) is 37.6 Å². The van der Waals surface area contributed by atoms with Gasteiger partial charge >= 0.3 is 0 Å². The second-order valence-electron chi connectivity index (χ2n) is 7.28. The molecule has 1 fully saturated rings. The number of anilines is 1. The third-order valence-electron chi connectivity index (χ3n) is 4.87. The van der Waals surface area contributed by atoms with Crippen molar-refractivity contribution in [3.63, 3.8) is 0 Å². The topological polar surface area (TPSA) is 75.7 Å². The SMILES string of the molecule is O=C(NC(=S)Nc1cccc(Oc2ccccc2)c1)c1ccc(CN2CCOCC2)nc1. The molecule has 1 amide bonds. The molecule has 7 nitrogen and oxygen atoms in total. The number of morpholine rings is 1. The minimum atomic E-state index is -0.315. The van der Waals surface area contributed by atoms with Crippen LogP contribution in [0.4, 0.5) is 5.69 Å². The summed E-state index contributed by atoms with van der Waals surface area (Å²) in [5, 5.41) is 5.90. The number of aromatic nitrogens is 1. The Labute approximate surface area is 192 Å². The van der Waals surface area contributed by atoms with Crippen molar-refractivity contribution in [3.05, 3.63) is 84.2 Å². The zero-order valence-electron chi connectivity index (χ0n) is 17.5. The Morgan fingerprint density at radius 3 is 2.56 bits per heavy atom. The number of carbonyl (C=O) groups is 1. The number of ether oxygens (including phenoxy) is 2. The molecule has 2 heterocycles. The number of thiocarbonyl (C=S) groups is 1. The van der Waals surface area contributed by atoms with Crippen molar-refractivity contribution in [1.82, 2.24) is 15.2 Å². The molecule has 1 aliphatic heterocycles. The van der Waals surface area contributed by atoms with Gasteiger partial charge in [0.2, 0.25) is 0 Å². The molecule has 0 unspecified atom stereocenters. The lowest BCUT2D eigenvalue weighted by molar-refractivity contribution is 0.0336. The van der Waals surface area contributed by atoms with E-state index in [9.17, 15) is 4.79 Å². The Balaban J connectivity index is 1.30. The molecule has 0 radical (unpaired) electrons. The number of para-hydroxylation sites is 1. The van der Waals surface area contributed by atoms with Gasteiger partial charge in [-0.1, -0.05) is 24.3 Å². The van der Waals surface area contributed by atoms with Gasteiger partial charge in [0.25, 0.3) is 5.91 Å². The number of nitrogens with one attached hydrogen (secondary N) is 2. The Morgan fingerprint density at radius 1 is 1.03 bits per heavy atom. The summed E-state index contributed by atoms with van der Waals surface area (Å²) in [7, 11) is 0. The number of hydrogen-bond acceptors (Lipinski definition) is 6. The van der Waals surface area contributed by atoms with Gasteiger partial charge in [-0.05, 0) is 48.6 Å². The Bertz CT molecular complexity index is 1050. The van der Waals surface area contributed by atoms with Crippen molar-refractivity contribution >= 4 is 28.9 Å². The second-order valence-corrected chi connectivity index (χ2v) is 7.69. The Kier molecular flexibility index (Phi) is 7.39. The highest BCUT2D eigenvalue weighted by molar-refractivity contribution is 7.80. The van der Waals surface area contributed by atoms with Gasteiger partial charge in [0.15, 0.2) is 5.11 Å². The number of amides is 1. The predicted octanol–water partition coefficient (Wildman–Crippen LogP) is 3.83. The van der Waals surface area contributed by atoms with E-state index in [-0.39, 0.29) is 11.0 Å². The summed E-state index contributed by atoms with van der Waals surface area (Å²) in [5.41, 5.74) is 2.07. The molecule has 0 bridgehead atoms. The molecule has 0 saturated carbocycles. The quantitative estimate of drug-likeness (QED) is 0.555. The standard InChI is InChI=1S/C24H24N4O3S/c29-23(18-9-10-20(25-16-18)17-28-11-13-30-14-12-28)27-24(32)26-19-5-4-8-22(15-19)31-21-6-2-1-3-7-21/h1-10,15-16H,11-14,17H2,(H2,26,27,29,32). The summed E-state index contributed by atoms with van der Waals surface area (Å²) < 4.78 is 11.2. The van der Waals surface area contributed by atoms with Gasteiger partial charge < -0.3 is 14.8 Å². The first kappa shape index (κ1) is 21.9. The molecule has 2 N–H and O–H groups in total. The van der Waals surface area contributed by atoms with Crippen LogP contribution < -0.4 is 15.4 Å². The smallest absolute Gasteiger partial charge is 0.258 e. The molecule has 4 rings (SSSR count). The monoisotopic (exact) mass is 448 g/mol. The second kappa shape index (κ2) is 10.8. The van der Waals surface area contributed by atoms with Gasteiger partial charge in [-0.3, -0.25) is 20.0 Å². The van der Waals surface area contributed by atoms with E-state index in [1.807, 2.05) is 60.7 Å². The lowest BCUT2D eigenvalue weighted by Gasteiger charge is -2.26. The minimum absolute atomic E-state index is 0.198. The highest BCUT2D eigenvalue weighted by atomic mass is 32.1. The van der Waals surface area contributed by atoms with E-state index < -0.39 is 0 Å². The summed E-state index contributed by atoms with van der Waals surface area (Å²) in [4.78, 5) is 19.2. The van der Waals surface area contributed by atoms with Crippen LogP contribution >= 0.6 is 12.2 Å². The molecule has 0 aliphatic carbocycles. The van der Waals surface area contributed by atoms with Crippen LogP contribution in [-0.2, 0) is 11.3 Å². The van der Waals surface area contributed by atoms with Gasteiger partial charge in [-0.25, -0.2) is 0 Å². The first-order chi connectivity index (χ1) is 15.7. The molecule has 1 aliphatic rings. The molecular weight excluding hydrogens is 424 g/mol. The third kappa shape index (κ3) is 6.34. The summed E-state index contributed by atoms with van der Waals surface area (Å²) >= 11 is 5.30. The van der Waals surface area contributed by atoms with Gasteiger partial charge in [0.1, 0.15) is 11.5 Å². The van der Waals surface area contributed by atoms with Crippen LogP contribution in [0.15, 0.2) is 72.9 Å². The maximum absolute atomic E-state index is 12.5. The van der Waals surface area contributed by atoms with Crippen LogP contribution in [0.3, 0.4) is 0 Å². The zero-order valence-corrected chi connectivity index (χ0v) is 18.3. The number of rotatable bonds is 6. The summed E-state index contributed by atoms with van der Waals surface area (Å²) in [5.74, 6) is 1.09. The largest absolute Gasteiger partial charge is 0.457 e. The fourth-order valence-electron chi connectivity index (χ4n) is 3.24. The van der Waals surface area contributed by atoms with Gasteiger partial charge in [0.05, 0.1) is 24.5 Å². The van der Waals surface area contributed by atoms with Crippen molar-refractivity contribution in [1.29, 1.82) is 0 Å². The number of nitrogens with zero attached hydrogens (tertiary/aromatic N) is 2. The average Bonchev–Trinajstić information content (AvgIpc) is 2.81. The molecule has 1 aromatic heterocycles. The lowest BCUT2D eigenvalue weighted by atomic mass is 10.2. The van der Waals surface area contributed by atoms with E-state index in [0.717, 1.165) is 44.3 Å². The first-order valence-electron chi connectivity index (χ1n) is 10.4. The number of hydrogen-bond donors (Lipinski definition) is 2. The molecule has 0 atom stereocenters. The molecule has 2 aromatic carbocycles. The number of benzene rings is 2. The third-order valence-corrected chi connectivity index (χ3v) is 5.08. The summed E-state index contributed by atoms with van der Waals surface area (Å²) in [6.07, 6.45) is 1.57. The van der Waals surface area contributed by atoms with Crippen molar-refractivity contribution < 1.29 is 14.3 Å². The number of carbonyl (C=O) groups excluding carboxylic acids is 1. The van der Waals surface area contributed by atoms with Crippen LogP contribution in [0.5, 0.6) is 11.5 Å². The predicted molar refractivity (Wildman–Crippen MR) is 127 cm³/mol. The maximum Gasteiger partial charge on any atom is 0.258 e.